The minimum Gasteiger partial charge on any atom is -0.323 e. The van der Waals surface area contributed by atoms with Crippen molar-refractivity contribution in [2.45, 2.75) is 50.8 Å². The number of fused-ring (bicyclic) bond motifs is 1. The molecule has 0 aliphatic heterocycles. The van der Waals surface area contributed by atoms with Gasteiger partial charge in [0, 0.05) is 11.3 Å². The second kappa shape index (κ2) is 6.12. The number of rotatable bonds is 4. The van der Waals surface area contributed by atoms with E-state index in [0.29, 0.717) is 11.2 Å². The molecule has 2 heteroatoms. The van der Waals surface area contributed by atoms with Gasteiger partial charge >= 0.3 is 0 Å². The lowest BCUT2D eigenvalue weighted by Crippen LogP contribution is -2.31. The third kappa shape index (κ3) is 3.10. The van der Waals surface area contributed by atoms with Crippen LogP contribution in [0.3, 0.4) is 0 Å². The zero-order valence-corrected chi connectivity index (χ0v) is 12.5. The summed E-state index contributed by atoms with van der Waals surface area (Å²) in [4.78, 5) is 0. The van der Waals surface area contributed by atoms with Crippen LogP contribution in [-0.4, -0.2) is 11.0 Å². The molecule has 0 bridgehead atoms. The predicted octanol–water partition coefficient (Wildman–Crippen LogP) is 4.34. The minimum absolute atomic E-state index is 0.217. The van der Waals surface area contributed by atoms with Crippen LogP contribution < -0.4 is 5.73 Å². The number of nitrogens with two attached hydrogens (primary N) is 1. The zero-order valence-electron chi connectivity index (χ0n) is 11.7. The Kier molecular flexibility index (Phi) is 4.74. The molecule has 3 unspecified atom stereocenters. The lowest BCUT2D eigenvalue weighted by Gasteiger charge is -2.34. The molecule has 0 fully saturated rings. The van der Waals surface area contributed by atoms with Crippen LogP contribution >= 0.6 is 11.8 Å². The fraction of sp³-hybridized carbons (Fsp3) is 0.625. The van der Waals surface area contributed by atoms with Crippen LogP contribution in [0.2, 0.25) is 0 Å². The van der Waals surface area contributed by atoms with E-state index in [9.17, 15) is 0 Å². The largest absolute Gasteiger partial charge is 0.323 e. The molecule has 1 aromatic rings. The van der Waals surface area contributed by atoms with E-state index in [1.165, 1.54) is 29.7 Å². The smallest absolute Gasteiger partial charge is 0.0418 e. The molecule has 0 radical (unpaired) electrons. The second-order valence-electron chi connectivity index (χ2n) is 5.88. The first-order valence-electron chi connectivity index (χ1n) is 7.05. The molecule has 1 aliphatic carbocycles. The summed E-state index contributed by atoms with van der Waals surface area (Å²) in [6, 6.07) is 8.93. The first-order chi connectivity index (χ1) is 8.59. The van der Waals surface area contributed by atoms with E-state index < -0.39 is 0 Å². The van der Waals surface area contributed by atoms with E-state index in [1.54, 1.807) is 0 Å². The van der Waals surface area contributed by atoms with E-state index in [4.69, 9.17) is 5.73 Å². The molecule has 0 aromatic heterocycles. The fourth-order valence-electron chi connectivity index (χ4n) is 2.71. The molecule has 2 N–H and O–H groups in total. The number of hydrogen-bond donors (Lipinski definition) is 1. The van der Waals surface area contributed by atoms with Gasteiger partial charge in [-0.15, -0.1) is 0 Å². The van der Waals surface area contributed by atoms with Crippen LogP contribution in [0.4, 0.5) is 0 Å². The molecule has 0 spiro atoms. The molecule has 0 saturated heterocycles. The van der Waals surface area contributed by atoms with Gasteiger partial charge in [0.05, 0.1) is 0 Å². The van der Waals surface area contributed by atoms with Gasteiger partial charge in [-0.1, -0.05) is 45.0 Å². The van der Waals surface area contributed by atoms with E-state index in [1.807, 2.05) is 0 Å². The molecule has 0 saturated carbocycles. The van der Waals surface area contributed by atoms with E-state index in [0.717, 1.165) is 5.92 Å². The Labute approximate surface area is 116 Å². The van der Waals surface area contributed by atoms with Crippen molar-refractivity contribution >= 4 is 11.8 Å². The second-order valence-corrected chi connectivity index (χ2v) is 7.23. The third-order valence-electron chi connectivity index (χ3n) is 3.90. The highest BCUT2D eigenvalue weighted by Crippen LogP contribution is 2.41. The van der Waals surface area contributed by atoms with Gasteiger partial charge in [-0.2, -0.15) is 11.8 Å². The van der Waals surface area contributed by atoms with Crippen molar-refractivity contribution < 1.29 is 0 Å². The molecule has 2 rings (SSSR count). The van der Waals surface area contributed by atoms with Crippen LogP contribution in [0.15, 0.2) is 24.3 Å². The lowest BCUT2D eigenvalue weighted by atomic mass is 9.81. The van der Waals surface area contributed by atoms with Crippen molar-refractivity contribution in [3.8, 4) is 0 Å². The van der Waals surface area contributed by atoms with Crippen molar-refractivity contribution in [1.82, 2.24) is 0 Å². The first kappa shape index (κ1) is 14.0. The number of thioether (sulfide) groups is 1. The highest BCUT2D eigenvalue weighted by Gasteiger charge is 2.30. The van der Waals surface area contributed by atoms with E-state index in [-0.39, 0.29) is 6.04 Å². The Hall–Kier alpha value is -0.470. The van der Waals surface area contributed by atoms with Crippen LogP contribution in [0.5, 0.6) is 0 Å². The topological polar surface area (TPSA) is 26.0 Å². The molecule has 0 heterocycles. The standard InChI is InChI=1S/C16H25NS/c1-11(2)8-9-18-15-10-12(3)13-6-4-5-7-14(13)16(15)17/h4-7,11-12,15-16H,8-10,17H2,1-3H3. The summed E-state index contributed by atoms with van der Waals surface area (Å²) >= 11 is 2.08. The summed E-state index contributed by atoms with van der Waals surface area (Å²) in [7, 11) is 0. The maximum Gasteiger partial charge on any atom is 0.0418 e. The lowest BCUT2D eigenvalue weighted by molar-refractivity contribution is 0.526. The summed E-state index contributed by atoms with van der Waals surface area (Å²) < 4.78 is 0. The molecule has 1 aromatic carbocycles. The molecule has 1 nitrogen and oxygen atoms in total. The van der Waals surface area contributed by atoms with Crippen LogP contribution in [-0.2, 0) is 0 Å². The van der Waals surface area contributed by atoms with Gasteiger partial charge in [0.15, 0.2) is 0 Å². The summed E-state index contributed by atoms with van der Waals surface area (Å²) in [5, 5.41) is 0.591. The quantitative estimate of drug-likeness (QED) is 0.874. The third-order valence-corrected chi connectivity index (χ3v) is 5.28. The van der Waals surface area contributed by atoms with E-state index in [2.05, 4.69) is 56.8 Å². The molecule has 0 amide bonds. The van der Waals surface area contributed by atoms with Crippen molar-refractivity contribution in [2.75, 3.05) is 5.75 Å². The molecule has 100 valence electrons. The predicted molar refractivity (Wildman–Crippen MR) is 82.1 cm³/mol. The van der Waals surface area contributed by atoms with Gasteiger partial charge in [0.25, 0.3) is 0 Å². The van der Waals surface area contributed by atoms with Crippen LogP contribution in [0, 0.1) is 5.92 Å². The average Bonchev–Trinajstić information content (AvgIpc) is 2.35. The van der Waals surface area contributed by atoms with Gasteiger partial charge < -0.3 is 5.73 Å². The Bertz CT molecular complexity index is 388. The van der Waals surface area contributed by atoms with Crippen molar-refractivity contribution in [3.05, 3.63) is 35.4 Å². The zero-order chi connectivity index (χ0) is 13.1. The van der Waals surface area contributed by atoms with E-state index >= 15 is 0 Å². The highest BCUT2D eigenvalue weighted by molar-refractivity contribution is 7.99. The van der Waals surface area contributed by atoms with Gasteiger partial charge in [0.2, 0.25) is 0 Å². The normalized spacial score (nSPS) is 27.3. The van der Waals surface area contributed by atoms with Gasteiger partial charge in [-0.05, 0) is 41.6 Å². The first-order valence-corrected chi connectivity index (χ1v) is 8.10. The summed E-state index contributed by atoms with van der Waals surface area (Å²) in [6.45, 7) is 6.92. The Morgan fingerprint density at radius 2 is 1.94 bits per heavy atom. The average molecular weight is 263 g/mol. The summed E-state index contributed by atoms with van der Waals surface area (Å²) in [6.07, 6.45) is 2.52. The molecule has 3 atom stereocenters. The summed E-state index contributed by atoms with van der Waals surface area (Å²) in [5.74, 6) is 2.69. The molecule has 1 aliphatic rings. The monoisotopic (exact) mass is 263 g/mol. The molecule has 18 heavy (non-hydrogen) atoms. The Morgan fingerprint density at radius 3 is 2.61 bits per heavy atom. The number of benzene rings is 1. The maximum atomic E-state index is 6.45. The minimum atomic E-state index is 0.217. The van der Waals surface area contributed by atoms with Gasteiger partial charge in [0.1, 0.15) is 0 Å². The van der Waals surface area contributed by atoms with Gasteiger partial charge in [-0.25, -0.2) is 0 Å². The van der Waals surface area contributed by atoms with Gasteiger partial charge in [-0.3, -0.25) is 0 Å². The fourth-order valence-corrected chi connectivity index (χ4v) is 4.40. The Morgan fingerprint density at radius 1 is 1.28 bits per heavy atom. The summed E-state index contributed by atoms with van der Waals surface area (Å²) in [5.41, 5.74) is 9.29. The Balaban J connectivity index is 2.04. The maximum absolute atomic E-state index is 6.45. The van der Waals surface area contributed by atoms with Crippen LogP contribution in [0.25, 0.3) is 0 Å². The highest BCUT2D eigenvalue weighted by atomic mass is 32.2. The van der Waals surface area contributed by atoms with Crippen molar-refractivity contribution in [2.24, 2.45) is 11.7 Å². The molecular weight excluding hydrogens is 238 g/mol. The molecular formula is C16H25NS. The van der Waals surface area contributed by atoms with Crippen molar-refractivity contribution in [3.63, 3.8) is 0 Å². The van der Waals surface area contributed by atoms with Crippen molar-refractivity contribution in [1.29, 1.82) is 0 Å². The number of hydrogen-bond acceptors (Lipinski definition) is 2. The van der Waals surface area contributed by atoms with Crippen LogP contribution in [0.1, 0.15) is 56.7 Å². The SMILES string of the molecule is CC(C)CCSC1CC(C)c2ccccc2C1N.